The van der Waals surface area contributed by atoms with Gasteiger partial charge in [-0.2, -0.15) is 0 Å². The van der Waals surface area contributed by atoms with Crippen LogP contribution in [-0.4, -0.2) is 36.5 Å². The van der Waals surface area contributed by atoms with Crippen LogP contribution in [0.25, 0.3) is 0 Å². The number of rotatable bonds is 5. The summed E-state index contributed by atoms with van der Waals surface area (Å²) in [5.74, 6) is -0.632. The summed E-state index contributed by atoms with van der Waals surface area (Å²) in [6, 6.07) is 5.89. The summed E-state index contributed by atoms with van der Waals surface area (Å²) in [5.41, 5.74) is 0.909. The number of carbonyl (C=O) groups is 2. The third kappa shape index (κ3) is 5.44. The molecule has 0 saturated heterocycles. The molecule has 0 unspecified atom stereocenters. The standard InChI is InChI=1S/C16H22FN3O2/c1-20(10-12-6-8-13(17)9-7-12)11-15(21)19-16(22)18-14-4-2-3-5-14/h6-9,14H,2-5,10-11H2,1H3,(H2,18,19,21,22). The van der Waals surface area contributed by atoms with E-state index in [1.165, 1.54) is 12.1 Å². The molecule has 0 heterocycles. The first kappa shape index (κ1) is 16.4. The molecule has 6 heteroatoms. The van der Waals surface area contributed by atoms with E-state index >= 15 is 0 Å². The van der Waals surface area contributed by atoms with E-state index in [1.807, 2.05) is 0 Å². The Kier molecular flexibility index (Phi) is 5.89. The van der Waals surface area contributed by atoms with Crippen molar-refractivity contribution in [3.63, 3.8) is 0 Å². The summed E-state index contributed by atoms with van der Waals surface area (Å²) in [4.78, 5) is 25.3. The minimum absolute atomic E-state index is 0.107. The molecule has 0 aromatic heterocycles. The van der Waals surface area contributed by atoms with Gasteiger partial charge < -0.3 is 5.32 Å². The fourth-order valence-electron chi connectivity index (χ4n) is 2.66. The molecule has 1 aliphatic rings. The highest BCUT2D eigenvalue weighted by Gasteiger charge is 2.18. The van der Waals surface area contributed by atoms with Gasteiger partial charge in [-0.25, -0.2) is 9.18 Å². The molecule has 1 saturated carbocycles. The monoisotopic (exact) mass is 307 g/mol. The van der Waals surface area contributed by atoms with Gasteiger partial charge in [-0.05, 0) is 37.6 Å². The SMILES string of the molecule is CN(CC(=O)NC(=O)NC1CCCC1)Cc1ccc(F)cc1. The molecule has 0 spiro atoms. The van der Waals surface area contributed by atoms with Crippen LogP contribution in [0.4, 0.5) is 9.18 Å². The zero-order chi connectivity index (χ0) is 15.9. The number of urea groups is 1. The Morgan fingerprint density at radius 2 is 1.86 bits per heavy atom. The van der Waals surface area contributed by atoms with Gasteiger partial charge in [0.1, 0.15) is 5.82 Å². The molecule has 2 N–H and O–H groups in total. The zero-order valence-electron chi connectivity index (χ0n) is 12.8. The van der Waals surface area contributed by atoms with Crippen molar-refractivity contribution in [2.24, 2.45) is 0 Å². The maximum Gasteiger partial charge on any atom is 0.321 e. The number of benzene rings is 1. The second-order valence-electron chi connectivity index (χ2n) is 5.80. The van der Waals surface area contributed by atoms with E-state index in [1.54, 1.807) is 24.1 Å². The predicted molar refractivity (Wildman–Crippen MR) is 81.7 cm³/mol. The normalized spacial score (nSPS) is 15.0. The predicted octanol–water partition coefficient (Wildman–Crippen LogP) is 2.03. The largest absolute Gasteiger partial charge is 0.335 e. The number of imide groups is 1. The molecule has 2 rings (SSSR count). The van der Waals surface area contributed by atoms with Crippen LogP contribution in [0.15, 0.2) is 24.3 Å². The van der Waals surface area contributed by atoms with Crippen LogP contribution in [0.2, 0.25) is 0 Å². The molecule has 1 aromatic rings. The van der Waals surface area contributed by atoms with Gasteiger partial charge in [0.15, 0.2) is 0 Å². The minimum Gasteiger partial charge on any atom is -0.335 e. The fraction of sp³-hybridized carbons (Fsp3) is 0.500. The van der Waals surface area contributed by atoms with Crippen molar-refractivity contribution in [3.8, 4) is 0 Å². The van der Waals surface area contributed by atoms with Crippen molar-refractivity contribution in [1.29, 1.82) is 0 Å². The molecule has 5 nitrogen and oxygen atoms in total. The van der Waals surface area contributed by atoms with Crippen LogP contribution in [0, 0.1) is 5.82 Å². The molecule has 22 heavy (non-hydrogen) atoms. The quantitative estimate of drug-likeness (QED) is 0.875. The number of nitrogens with zero attached hydrogens (tertiary/aromatic N) is 1. The van der Waals surface area contributed by atoms with Crippen molar-refractivity contribution in [1.82, 2.24) is 15.5 Å². The lowest BCUT2D eigenvalue weighted by molar-refractivity contribution is -0.121. The second-order valence-corrected chi connectivity index (χ2v) is 5.80. The second kappa shape index (κ2) is 7.89. The molecule has 1 aliphatic carbocycles. The number of likely N-dealkylation sites (N-methyl/N-ethyl adjacent to an activating group) is 1. The first-order valence-corrected chi connectivity index (χ1v) is 7.56. The molecule has 1 aromatic carbocycles. The van der Waals surface area contributed by atoms with Crippen molar-refractivity contribution >= 4 is 11.9 Å². The highest BCUT2D eigenvalue weighted by Crippen LogP contribution is 2.17. The molecular formula is C16H22FN3O2. The van der Waals surface area contributed by atoms with Gasteiger partial charge >= 0.3 is 6.03 Å². The molecule has 120 valence electrons. The number of halogens is 1. The van der Waals surface area contributed by atoms with Crippen molar-refractivity contribution in [3.05, 3.63) is 35.6 Å². The van der Waals surface area contributed by atoms with Gasteiger partial charge in [0.05, 0.1) is 6.54 Å². The van der Waals surface area contributed by atoms with Crippen LogP contribution in [0.1, 0.15) is 31.2 Å². The lowest BCUT2D eigenvalue weighted by atomic mass is 10.2. The van der Waals surface area contributed by atoms with Crippen LogP contribution in [0.5, 0.6) is 0 Å². The summed E-state index contributed by atoms with van der Waals surface area (Å²) < 4.78 is 12.8. The van der Waals surface area contributed by atoms with E-state index < -0.39 is 6.03 Å². The average molecular weight is 307 g/mol. The van der Waals surface area contributed by atoms with Crippen molar-refractivity contribution in [2.75, 3.05) is 13.6 Å². The number of carbonyl (C=O) groups excluding carboxylic acids is 2. The molecule has 0 bridgehead atoms. The highest BCUT2D eigenvalue weighted by atomic mass is 19.1. The van der Waals surface area contributed by atoms with E-state index in [2.05, 4.69) is 10.6 Å². The third-order valence-electron chi connectivity index (χ3n) is 3.72. The van der Waals surface area contributed by atoms with E-state index in [4.69, 9.17) is 0 Å². The first-order valence-electron chi connectivity index (χ1n) is 7.56. The van der Waals surface area contributed by atoms with Gasteiger partial charge in [-0.1, -0.05) is 25.0 Å². The number of nitrogens with one attached hydrogen (secondary N) is 2. The molecule has 0 atom stereocenters. The van der Waals surface area contributed by atoms with Gasteiger partial charge in [-0.3, -0.25) is 15.0 Å². The summed E-state index contributed by atoms with van der Waals surface area (Å²) in [6.07, 6.45) is 4.21. The highest BCUT2D eigenvalue weighted by molar-refractivity contribution is 5.95. The zero-order valence-corrected chi connectivity index (χ0v) is 12.8. The Hall–Kier alpha value is -1.95. The smallest absolute Gasteiger partial charge is 0.321 e. The minimum atomic E-state index is -0.424. The Bertz CT molecular complexity index is 513. The fourth-order valence-corrected chi connectivity index (χ4v) is 2.66. The number of amides is 3. The molecule has 0 aliphatic heterocycles. The topological polar surface area (TPSA) is 61.4 Å². The summed E-state index contributed by atoms with van der Waals surface area (Å²) >= 11 is 0. The van der Waals surface area contributed by atoms with E-state index in [0.717, 1.165) is 31.2 Å². The number of hydrogen-bond acceptors (Lipinski definition) is 3. The first-order chi connectivity index (χ1) is 10.5. The van der Waals surface area contributed by atoms with Gasteiger partial charge in [-0.15, -0.1) is 0 Å². The maximum absolute atomic E-state index is 12.8. The van der Waals surface area contributed by atoms with Gasteiger partial charge in [0.25, 0.3) is 0 Å². The molecule has 1 fully saturated rings. The maximum atomic E-state index is 12.8. The lowest BCUT2D eigenvalue weighted by Gasteiger charge is -2.17. The summed E-state index contributed by atoms with van der Waals surface area (Å²) in [5, 5.41) is 5.15. The van der Waals surface area contributed by atoms with Gasteiger partial charge in [0, 0.05) is 12.6 Å². The average Bonchev–Trinajstić information content (AvgIpc) is 2.93. The lowest BCUT2D eigenvalue weighted by Crippen LogP contribution is -2.46. The van der Waals surface area contributed by atoms with Crippen molar-refractivity contribution < 1.29 is 14.0 Å². The summed E-state index contributed by atoms with van der Waals surface area (Å²) in [7, 11) is 1.78. The van der Waals surface area contributed by atoms with Crippen LogP contribution in [-0.2, 0) is 11.3 Å². The molecule has 3 amide bonds. The van der Waals surface area contributed by atoms with E-state index in [-0.39, 0.29) is 24.3 Å². The van der Waals surface area contributed by atoms with Crippen LogP contribution in [0.3, 0.4) is 0 Å². The molecular weight excluding hydrogens is 285 g/mol. The van der Waals surface area contributed by atoms with Gasteiger partial charge in [0.2, 0.25) is 5.91 Å². The van der Waals surface area contributed by atoms with Crippen LogP contribution >= 0.6 is 0 Å². The number of hydrogen-bond donors (Lipinski definition) is 2. The van der Waals surface area contributed by atoms with E-state index in [0.29, 0.717) is 6.54 Å². The van der Waals surface area contributed by atoms with Crippen LogP contribution < -0.4 is 10.6 Å². The Balaban J connectivity index is 1.71. The Morgan fingerprint density at radius 3 is 2.50 bits per heavy atom. The van der Waals surface area contributed by atoms with Crippen molar-refractivity contribution in [2.45, 2.75) is 38.3 Å². The third-order valence-corrected chi connectivity index (χ3v) is 3.72. The summed E-state index contributed by atoms with van der Waals surface area (Å²) in [6.45, 7) is 0.618. The van der Waals surface area contributed by atoms with E-state index in [9.17, 15) is 14.0 Å². The molecule has 0 radical (unpaired) electrons. The Morgan fingerprint density at radius 1 is 1.23 bits per heavy atom. The Labute approximate surface area is 129 Å².